The van der Waals surface area contributed by atoms with E-state index < -0.39 is 0 Å². The summed E-state index contributed by atoms with van der Waals surface area (Å²) in [7, 11) is 3.90. The molecule has 0 fully saturated rings. The number of hydrogen-bond acceptors (Lipinski definition) is 3. The number of nitrogens with one attached hydrogen (secondary N) is 1. The second-order valence-corrected chi connectivity index (χ2v) is 6.14. The second-order valence-electron chi connectivity index (χ2n) is 4.82. The van der Waals surface area contributed by atoms with E-state index in [9.17, 15) is 0 Å². The fourth-order valence-corrected chi connectivity index (χ4v) is 2.67. The summed E-state index contributed by atoms with van der Waals surface area (Å²) in [4.78, 5) is 12.1. The van der Waals surface area contributed by atoms with Crippen LogP contribution in [0.2, 0.25) is 0 Å². The third-order valence-corrected chi connectivity index (χ3v) is 3.95. The first kappa shape index (κ1) is 16.7. The van der Waals surface area contributed by atoms with Crippen molar-refractivity contribution in [2.24, 2.45) is 4.99 Å². The summed E-state index contributed by atoms with van der Waals surface area (Å²) in [6.07, 6.45) is 8.65. The maximum atomic E-state index is 4.35. The van der Waals surface area contributed by atoms with Gasteiger partial charge in [0.15, 0.2) is 5.96 Å². The number of aryl methyl sites for hydroxylation is 1. The first-order valence-electron chi connectivity index (χ1n) is 7.11. The molecule has 0 saturated heterocycles. The summed E-state index contributed by atoms with van der Waals surface area (Å²) in [5, 5.41) is 4.46. The van der Waals surface area contributed by atoms with Crippen LogP contribution in [0.4, 0.5) is 0 Å². The third kappa shape index (κ3) is 6.19. The molecule has 4 nitrogen and oxygen atoms in total. The van der Waals surface area contributed by atoms with Crippen LogP contribution in [-0.2, 0) is 6.54 Å². The first-order valence-corrected chi connectivity index (χ1v) is 7.93. The molecule has 20 heavy (non-hydrogen) atoms. The van der Waals surface area contributed by atoms with E-state index in [4.69, 9.17) is 0 Å². The average Bonchev–Trinajstić information content (AvgIpc) is 2.85. The highest BCUT2D eigenvalue weighted by Crippen LogP contribution is 2.10. The molecule has 0 saturated carbocycles. The quantitative estimate of drug-likeness (QED) is 0.346. The number of aliphatic imine (C=N–C) groups is 1. The largest absolute Gasteiger partial charge is 0.350 e. The van der Waals surface area contributed by atoms with Gasteiger partial charge in [-0.15, -0.1) is 17.9 Å². The fraction of sp³-hybridized carbons (Fsp3) is 0.600. The molecule has 5 heteroatoms. The van der Waals surface area contributed by atoms with E-state index in [-0.39, 0.29) is 0 Å². The van der Waals surface area contributed by atoms with Crippen molar-refractivity contribution in [1.29, 1.82) is 0 Å². The van der Waals surface area contributed by atoms with Crippen molar-refractivity contribution in [2.75, 3.05) is 20.6 Å². The molecule has 0 aliphatic rings. The molecule has 0 bridgehead atoms. The van der Waals surface area contributed by atoms with Gasteiger partial charge in [-0.3, -0.25) is 4.99 Å². The smallest absolute Gasteiger partial charge is 0.193 e. The lowest BCUT2D eigenvalue weighted by Gasteiger charge is -2.21. The summed E-state index contributed by atoms with van der Waals surface area (Å²) in [5.41, 5.74) is 0. The van der Waals surface area contributed by atoms with Crippen molar-refractivity contribution in [1.82, 2.24) is 15.2 Å². The van der Waals surface area contributed by atoms with Crippen LogP contribution in [0.25, 0.3) is 0 Å². The van der Waals surface area contributed by atoms with Crippen LogP contribution in [0.15, 0.2) is 23.8 Å². The Morgan fingerprint density at radius 3 is 2.90 bits per heavy atom. The van der Waals surface area contributed by atoms with Gasteiger partial charge in [0.05, 0.1) is 6.54 Å². The van der Waals surface area contributed by atoms with Gasteiger partial charge < -0.3 is 10.2 Å². The number of aromatic nitrogens is 1. The number of unbranched alkanes of at least 4 members (excludes halogenated alkanes) is 3. The molecule has 0 aliphatic heterocycles. The van der Waals surface area contributed by atoms with E-state index in [0.29, 0.717) is 0 Å². The molecule has 0 aromatic carbocycles. The van der Waals surface area contributed by atoms with E-state index in [2.05, 4.69) is 40.7 Å². The lowest BCUT2D eigenvalue weighted by atomic mass is 10.2. The lowest BCUT2D eigenvalue weighted by molar-refractivity contribution is 0.455. The highest BCUT2D eigenvalue weighted by Gasteiger charge is 2.06. The molecule has 0 unspecified atom stereocenters. The Morgan fingerprint density at radius 1 is 1.50 bits per heavy atom. The molecule has 0 atom stereocenters. The van der Waals surface area contributed by atoms with Crippen LogP contribution >= 0.6 is 11.3 Å². The van der Waals surface area contributed by atoms with E-state index in [1.54, 1.807) is 11.3 Å². The Bertz CT molecular complexity index is 425. The summed E-state index contributed by atoms with van der Waals surface area (Å²) < 4.78 is 0. The van der Waals surface area contributed by atoms with E-state index in [0.717, 1.165) is 30.5 Å². The number of nitrogens with zero attached hydrogens (tertiary/aromatic N) is 3. The number of rotatable bonds is 8. The molecule has 1 heterocycles. The Balaban J connectivity index is 2.28. The average molecular weight is 294 g/mol. The summed E-state index contributed by atoms with van der Waals surface area (Å²) >= 11 is 1.72. The lowest BCUT2D eigenvalue weighted by Crippen LogP contribution is -2.38. The van der Waals surface area contributed by atoms with Crippen molar-refractivity contribution >= 4 is 17.3 Å². The number of guanidine groups is 1. The monoisotopic (exact) mass is 294 g/mol. The Hall–Kier alpha value is -1.36. The van der Waals surface area contributed by atoms with E-state index >= 15 is 0 Å². The molecule has 0 spiro atoms. The van der Waals surface area contributed by atoms with E-state index in [1.165, 1.54) is 24.1 Å². The molecule has 0 aliphatic carbocycles. The van der Waals surface area contributed by atoms with Crippen LogP contribution in [0.1, 0.15) is 35.6 Å². The third-order valence-electron chi connectivity index (χ3n) is 3.04. The highest BCUT2D eigenvalue weighted by atomic mass is 32.1. The first-order chi connectivity index (χ1) is 9.67. The van der Waals surface area contributed by atoms with Gasteiger partial charge in [-0.1, -0.05) is 12.5 Å². The molecule has 1 rings (SSSR count). The fourth-order valence-electron chi connectivity index (χ4n) is 1.94. The Labute approximate surface area is 126 Å². The molecule has 1 N–H and O–H groups in total. The summed E-state index contributed by atoms with van der Waals surface area (Å²) in [5.74, 6) is 0.932. The van der Waals surface area contributed by atoms with Gasteiger partial charge in [-0.25, -0.2) is 4.98 Å². The van der Waals surface area contributed by atoms with Crippen LogP contribution in [0.3, 0.4) is 0 Å². The molecule has 112 valence electrons. The highest BCUT2D eigenvalue weighted by molar-refractivity contribution is 7.11. The molecular formula is C15H26N4S. The van der Waals surface area contributed by atoms with Crippen LogP contribution in [-0.4, -0.2) is 36.5 Å². The van der Waals surface area contributed by atoms with Gasteiger partial charge in [0.25, 0.3) is 0 Å². The van der Waals surface area contributed by atoms with Gasteiger partial charge in [0.1, 0.15) is 5.01 Å². The summed E-state index contributed by atoms with van der Waals surface area (Å²) in [6, 6.07) is 0. The summed E-state index contributed by atoms with van der Waals surface area (Å²) in [6.45, 7) is 7.58. The van der Waals surface area contributed by atoms with Crippen molar-refractivity contribution in [2.45, 2.75) is 39.2 Å². The maximum Gasteiger partial charge on any atom is 0.193 e. The van der Waals surface area contributed by atoms with Gasteiger partial charge in [0, 0.05) is 31.7 Å². The molecule has 0 radical (unpaired) electrons. The topological polar surface area (TPSA) is 40.5 Å². The van der Waals surface area contributed by atoms with Crippen LogP contribution in [0, 0.1) is 6.92 Å². The van der Waals surface area contributed by atoms with Gasteiger partial charge in [-0.2, -0.15) is 0 Å². The SMILES string of the molecule is C=CCCCCCN(C)C(=NC)NCc1ncc(C)s1. The molecular weight excluding hydrogens is 268 g/mol. The standard InChI is InChI=1S/C15H26N4S/c1-5-6-7-8-9-10-19(4)15(16-3)18-12-14-17-11-13(2)20-14/h5,11H,1,6-10,12H2,2-4H3,(H,16,18). The zero-order valence-electron chi connectivity index (χ0n) is 12.9. The van der Waals surface area contributed by atoms with E-state index in [1.807, 2.05) is 19.3 Å². The maximum absolute atomic E-state index is 4.35. The second kappa shape index (κ2) is 9.53. The van der Waals surface area contributed by atoms with Crippen molar-refractivity contribution in [3.8, 4) is 0 Å². The van der Waals surface area contributed by atoms with Gasteiger partial charge in [-0.05, 0) is 26.2 Å². The van der Waals surface area contributed by atoms with Crippen LogP contribution < -0.4 is 5.32 Å². The normalized spacial score (nSPS) is 11.4. The van der Waals surface area contributed by atoms with Crippen LogP contribution in [0.5, 0.6) is 0 Å². The molecule has 1 aromatic rings. The minimum atomic E-state index is 0.742. The minimum Gasteiger partial charge on any atom is -0.350 e. The zero-order valence-corrected chi connectivity index (χ0v) is 13.7. The Morgan fingerprint density at radius 2 is 2.30 bits per heavy atom. The Kier molecular flexibility index (Phi) is 7.95. The van der Waals surface area contributed by atoms with Gasteiger partial charge in [0.2, 0.25) is 0 Å². The number of allylic oxidation sites excluding steroid dienone is 1. The van der Waals surface area contributed by atoms with Crippen molar-refractivity contribution in [3.05, 3.63) is 28.7 Å². The predicted octanol–water partition coefficient (Wildman–Crippen LogP) is 3.21. The number of hydrogen-bond donors (Lipinski definition) is 1. The van der Waals surface area contributed by atoms with Crippen molar-refractivity contribution < 1.29 is 0 Å². The van der Waals surface area contributed by atoms with Gasteiger partial charge >= 0.3 is 0 Å². The predicted molar refractivity (Wildman–Crippen MR) is 88.3 cm³/mol. The minimum absolute atomic E-state index is 0.742. The number of thiazole rings is 1. The molecule has 0 amide bonds. The van der Waals surface area contributed by atoms with Crippen molar-refractivity contribution in [3.63, 3.8) is 0 Å². The molecule has 1 aromatic heterocycles. The zero-order chi connectivity index (χ0) is 14.8.